The summed E-state index contributed by atoms with van der Waals surface area (Å²) in [6.07, 6.45) is 1.77. The molecule has 1 heterocycles. The molecule has 0 saturated carbocycles. The van der Waals surface area contributed by atoms with E-state index in [0.717, 1.165) is 23.0 Å². The SMILES string of the molecule is CCCc1nc(-c2cc(F)cc(Cl)c2)nc(NC)c1Br. The highest BCUT2D eigenvalue weighted by Gasteiger charge is 2.13. The van der Waals surface area contributed by atoms with Gasteiger partial charge >= 0.3 is 0 Å². The maximum absolute atomic E-state index is 13.5. The molecule has 0 aliphatic carbocycles. The smallest absolute Gasteiger partial charge is 0.161 e. The number of anilines is 1. The fraction of sp³-hybridized carbons (Fsp3) is 0.286. The average molecular weight is 359 g/mol. The zero-order valence-electron chi connectivity index (χ0n) is 11.2. The minimum absolute atomic E-state index is 0.328. The van der Waals surface area contributed by atoms with E-state index >= 15 is 0 Å². The predicted octanol–water partition coefficient (Wildman–Crippen LogP) is 4.69. The molecule has 1 aromatic heterocycles. The second-order valence-corrected chi connectivity index (χ2v) is 5.54. The molecule has 0 aliphatic rings. The number of rotatable bonds is 4. The van der Waals surface area contributed by atoms with Crippen LogP contribution in [0.3, 0.4) is 0 Å². The van der Waals surface area contributed by atoms with Crippen molar-refractivity contribution in [2.75, 3.05) is 12.4 Å². The molecule has 1 N–H and O–H groups in total. The van der Waals surface area contributed by atoms with E-state index in [-0.39, 0.29) is 0 Å². The van der Waals surface area contributed by atoms with E-state index in [1.165, 1.54) is 12.1 Å². The lowest BCUT2D eigenvalue weighted by atomic mass is 10.2. The Morgan fingerprint density at radius 1 is 1.30 bits per heavy atom. The first kappa shape index (κ1) is 15.2. The second kappa shape index (κ2) is 6.50. The number of halogens is 3. The van der Waals surface area contributed by atoms with Crippen molar-refractivity contribution >= 4 is 33.3 Å². The van der Waals surface area contributed by atoms with Crippen molar-refractivity contribution in [1.82, 2.24) is 9.97 Å². The molecule has 0 fully saturated rings. The van der Waals surface area contributed by atoms with Crippen LogP contribution in [0.25, 0.3) is 11.4 Å². The van der Waals surface area contributed by atoms with Crippen LogP contribution in [-0.2, 0) is 6.42 Å². The number of hydrogen-bond acceptors (Lipinski definition) is 3. The lowest BCUT2D eigenvalue weighted by Crippen LogP contribution is -2.03. The minimum atomic E-state index is -0.401. The maximum atomic E-state index is 13.5. The van der Waals surface area contributed by atoms with Gasteiger partial charge in [-0.1, -0.05) is 24.9 Å². The Morgan fingerprint density at radius 2 is 2.05 bits per heavy atom. The third-order valence-electron chi connectivity index (χ3n) is 2.76. The van der Waals surface area contributed by atoms with Gasteiger partial charge < -0.3 is 5.32 Å². The van der Waals surface area contributed by atoms with Gasteiger partial charge in [-0.2, -0.15) is 0 Å². The van der Waals surface area contributed by atoms with Crippen molar-refractivity contribution in [1.29, 1.82) is 0 Å². The first-order valence-electron chi connectivity index (χ1n) is 6.25. The molecule has 0 amide bonds. The third kappa shape index (κ3) is 3.27. The predicted molar refractivity (Wildman–Crippen MR) is 83.7 cm³/mol. The Kier molecular flexibility index (Phi) is 4.94. The van der Waals surface area contributed by atoms with Crippen LogP contribution in [0.4, 0.5) is 10.2 Å². The molecule has 0 spiro atoms. The summed E-state index contributed by atoms with van der Waals surface area (Å²) in [4.78, 5) is 8.89. The van der Waals surface area contributed by atoms with E-state index in [1.807, 2.05) is 0 Å². The van der Waals surface area contributed by atoms with Crippen molar-refractivity contribution in [3.63, 3.8) is 0 Å². The van der Waals surface area contributed by atoms with Crippen LogP contribution in [-0.4, -0.2) is 17.0 Å². The van der Waals surface area contributed by atoms with Gasteiger partial charge in [-0.15, -0.1) is 0 Å². The molecule has 20 heavy (non-hydrogen) atoms. The molecular formula is C14H14BrClFN3. The summed E-state index contributed by atoms with van der Waals surface area (Å²) in [5.41, 5.74) is 1.46. The molecule has 1 aromatic carbocycles. The Hall–Kier alpha value is -1.20. The zero-order valence-corrected chi connectivity index (χ0v) is 13.5. The van der Waals surface area contributed by atoms with Crippen LogP contribution in [0.1, 0.15) is 19.0 Å². The summed E-state index contributed by atoms with van der Waals surface area (Å²) in [5, 5.41) is 3.34. The van der Waals surface area contributed by atoms with Crippen LogP contribution in [0.15, 0.2) is 22.7 Å². The highest BCUT2D eigenvalue weighted by atomic mass is 79.9. The lowest BCUT2D eigenvalue weighted by Gasteiger charge is -2.11. The fourth-order valence-electron chi connectivity index (χ4n) is 1.87. The summed E-state index contributed by atoms with van der Waals surface area (Å²) in [5.74, 6) is 0.739. The van der Waals surface area contributed by atoms with Gasteiger partial charge in [0, 0.05) is 17.6 Å². The highest BCUT2D eigenvalue weighted by molar-refractivity contribution is 9.10. The van der Waals surface area contributed by atoms with E-state index < -0.39 is 5.82 Å². The first-order valence-corrected chi connectivity index (χ1v) is 7.43. The van der Waals surface area contributed by atoms with Gasteiger partial charge in [0.05, 0.1) is 10.2 Å². The van der Waals surface area contributed by atoms with Gasteiger partial charge in [0.1, 0.15) is 11.6 Å². The average Bonchev–Trinajstić information content (AvgIpc) is 2.40. The molecule has 0 saturated heterocycles. The molecule has 106 valence electrons. The Morgan fingerprint density at radius 3 is 2.65 bits per heavy atom. The summed E-state index contributed by atoms with van der Waals surface area (Å²) < 4.78 is 14.3. The monoisotopic (exact) mass is 357 g/mol. The molecular weight excluding hydrogens is 345 g/mol. The number of benzene rings is 1. The summed E-state index contributed by atoms with van der Waals surface area (Å²) >= 11 is 9.38. The number of nitrogens with one attached hydrogen (secondary N) is 1. The van der Waals surface area contributed by atoms with E-state index in [2.05, 4.69) is 38.1 Å². The summed E-state index contributed by atoms with van der Waals surface area (Å²) in [6, 6.07) is 4.29. The van der Waals surface area contributed by atoms with Gasteiger partial charge in [0.15, 0.2) is 5.82 Å². The van der Waals surface area contributed by atoms with Gasteiger partial charge in [0.2, 0.25) is 0 Å². The lowest BCUT2D eigenvalue weighted by molar-refractivity contribution is 0.628. The molecule has 0 radical (unpaired) electrons. The number of aryl methyl sites for hydroxylation is 1. The fourth-order valence-corrected chi connectivity index (χ4v) is 2.67. The van der Waals surface area contributed by atoms with E-state index in [9.17, 15) is 4.39 Å². The van der Waals surface area contributed by atoms with Crippen molar-refractivity contribution in [3.8, 4) is 11.4 Å². The van der Waals surface area contributed by atoms with Crippen LogP contribution in [0.2, 0.25) is 5.02 Å². The van der Waals surface area contributed by atoms with Crippen molar-refractivity contribution in [2.45, 2.75) is 19.8 Å². The third-order valence-corrected chi connectivity index (χ3v) is 3.82. The number of aromatic nitrogens is 2. The largest absolute Gasteiger partial charge is 0.372 e. The van der Waals surface area contributed by atoms with Crippen molar-refractivity contribution in [3.05, 3.63) is 39.2 Å². The minimum Gasteiger partial charge on any atom is -0.372 e. The molecule has 0 bridgehead atoms. The van der Waals surface area contributed by atoms with Gasteiger partial charge in [0.25, 0.3) is 0 Å². The maximum Gasteiger partial charge on any atom is 0.161 e. The molecule has 2 rings (SSSR count). The van der Waals surface area contributed by atoms with Gasteiger partial charge in [-0.3, -0.25) is 0 Å². The molecule has 6 heteroatoms. The Bertz CT molecular complexity index is 614. The quantitative estimate of drug-likeness (QED) is 0.861. The standard InChI is InChI=1S/C14H14BrClFN3/c1-3-4-11-12(15)14(18-2)20-13(19-11)8-5-9(16)7-10(17)6-8/h5-7H,3-4H2,1-2H3,(H,18,19,20). The Balaban J connectivity index is 2.58. The Labute approximate surface area is 130 Å². The van der Waals surface area contributed by atoms with E-state index in [4.69, 9.17) is 11.6 Å². The molecule has 0 unspecified atom stereocenters. The topological polar surface area (TPSA) is 37.8 Å². The summed E-state index contributed by atoms with van der Waals surface area (Å²) in [7, 11) is 1.78. The normalized spacial score (nSPS) is 10.7. The second-order valence-electron chi connectivity index (χ2n) is 4.31. The number of hydrogen-bond donors (Lipinski definition) is 1. The van der Waals surface area contributed by atoms with Crippen molar-refractivity contribution < 1.29 is 4.39 Å². The number of nitrogens with zero attached hydrogens (tertiary/aromatic N) is 2. The van der Waals surface area contributed by atoms with E-state index in [0.29, 0.717) is 22.2 Å². The van der Waals surface area contributed by atoms with Crippen LogP contribution in [0.5, 0.6) is 0 Å². The van der Waals surface area contributed by atoms with Crippen molar-refractivity contribution in [2.24, 2.45) is 0 Å². The van der Waals surface area contributed by atoms with Gasteiger partial charge in [-0.05, 0) is 40.5 Å². The van der Waals surface area contributed by atoms with Crippen LogP contribution in [0, 0.1) is 5.82 Å². The van der Waals surface area contributed by atoms with E-state index in [1.54, 1.807) is 13.1 Å². The highest BCUT2D eigenvalue weighted by Crippen LogP contribution is 2.29. The summed E-state index contributed by atoms with van der Waals surface area (Å²) in [6.45, 7) is 2.08. The molecule has 0 atom stereocenters. The molecule has 2 aromatic rings. The molecule has 3 nitrogen and oxygen atoms in total. The van der Waals surface area contributed by atoms with Crippen LogP contribution < -0.4 is 5.32 Å². The van der Waals surface area contributed by atoms with Gasteiger partial charge in [-0.25, -0.2) is 14.4 Å². The zero-order chi connectivity index (χ0) is 14.7. The first-order chi connectivity index (χ1) is 9.55. The van der Waals surface area contributed by atoms with Crippen LogP contribution >= 0.6 is 27.5 Å². The molecule has 0 aliphatic heterocycles.